The number of benzene rings is 1. The number of nitrogens with zero attached hydrogens (tertiary/aromatic N) is 4. The lowest BCUT2D eigenvalue weighted by atomic mass is 10.2. The molecule has 0 aliphatic heterocycles. The van der Waals surface area contributed by atoms with Crippen LogP contribution in [0.1, 0.15) is 25.6 Å². The second-order valence-electron chi connectivity index (χ2n) is 5.13. The van der Waals surface area contributed by atoms with Gasteiger partial charge in [-0.2, -0.15) is 0 Å². The topological polar surface area (TPSA) is 129 Å². The maximum absolute atomic E-state index is 13.7. The molecule has 1 aromatic carbocycles. The van der Waals surface area contributed by atoms with Crippen molar-refractivity contribution in [2.45, 2.75) is 31.3 Å². The van der Waals surface area contributed by atoms with E-state index in [4.69, 9.17) is 5.84 Å². The summed E-state index contributed by atoms with van der Waals surface area (Å²) in [6, 6.07) is 2.91. The van der Waals surface area contributed by atoms with Crippen LogP contribution in [-0.2, 0) is 11.2 Å². The number of aromatic nitrogens is 3. The van der Waals surface area contributed by atoms with Crippen LogP contribution < -0.4 is 11.2 Å². The van der Waals surface area contributed by atoms with E-state index in [-0.39, 0.29) is 17.1 Å². The van der Waals surface area contributed by atoms with E-state index in [1.165, 1.54) is 4.68 Å². The molecular weight excluding hydrogens is 351 g/mol. The first-order valence-electron chi connectivity index (χ1n) is 7.48. The van der Waals surface area contributed by atoms with Crippen LogP contribution in [0.3, 0.4) is 0 Å². The van der Waals surface area contributed by atoms with Gasteiger partial charge in [0.05, 0.1) is 16.4 Å². The molecule has 0 bridgehead atoms. The number of halogens is 1. The molecule has 25 heavy (non-hydrogen) atoms. The zero-order valence-electron chi connectivity index (χ0n) is 13.4. The number of unbranched alkanes of at least 4 members (excludes halogenated alkanes) is 1. The summed E-state index contributed by atoms with van der Waals surface area (Å²) >= 11 is 1.04. The number of nitrogens with two attached hydrogens (primary N) is 1. The number of carbonyl (C=O) groups excluding carboxylic acids is 1. The second-order valence-corrected chi connectivity index (χ2v) is 6.07. The minimum absolute atomic E-state index is 0.0920. The number of hydrogen-bond donors (Lipinski definition) is 2. The van der Waals surface area contributed by atoms with Crippen molar-refractivity contribution in [3.63, 3.8) is 0 Å². The van der Waals surface area contributed by atoms with E-state index >= 15 is 0 Å². The summed E-state index contributed by atoms with van der Waals surface area (Å²) in [5.74, 6) is 5.10. The van der Waals surface area contributed by atoms with Crippen molar-refractivity contribution < 1.29 is 14.1 Å². The van der Waals surface area contributed by atoms with Gasteiger partial charge in [-0.05, 0) is 12.5 Å². The van der Waals surface area contributed by atoms with E-state index in [2.05, 4.69) is 15.5 Å². The standard InChI is InChI=1S/C14H17FN6O3S/c1-2-3-4-12-18-19-14(20(12)16)25-8-13(22)17-11-7-9(21(23)24)5-6-10(11)15/h5-7H,2-4,8,16H2,1H3,(H,17,22). The third-order valence-corrected chi connectivity index (χ3v) is 4.20. The number of anilines is 1. The van der Waals surface area contributed by atoms with Crippen LogP contribution in [0.15, 0.2) is 23.4 Å². The van der Waals surface area contributed by atoms with Gasteiger partial charge in [0.15, 0.2) is 5.82 Å². The number of nitrogen functional groups attached to an aromatic ring is 1. The van der Waals surface area contributed by atoms with Gasteiger partial charge in [0.1, 0.15) is 5.82 Å². The monoisotopic (exact) mass is 368 g/mol. The Bertz CT molecular complexity index is 782. The van der Waals surface area contributed by atoms with Crippen LogP contribution in [0, 0.1) is 15.9 Å². The van der Waals surface area contributed by atoms with E-state index in [1.54, 1.807) is 0 Å². The van der Waals surface area contributed by atoms with Gasteiger partial charge in [0, 0.05) is 18.6 Å². The Hall–Kier alpha value is -2.69. The van der Waals surface area contributed by atoms with Crippen LogP contribution in [-0.4, -0.2) is 31.5 Å². The normalized spacial score (nSPS) is 10.6. The van der Waals surface area contributed by atoms with Crippen molar-refractivity contribution >= 4 is 29.0 Å². The molecule has 0 unspecified atom stereocenters. The third kappa shape index (κ3) is 4.89. The number of nitro benzene ring substituents is 1. The number of hydrogen-bond acceptors (Lipinski definition) is 7. The molecule has 0 atom stereocenters. The zero-order chi connectivity index (χ0) is 18.4. The molecule has 2 rings (SSSR count). The molecule has 0 saturated carbocycles. The SMILES string of the molecule is CCCCc1nnc(SCC(=O)Nc2cc([N+](=O)[O-])ccc2F)n1N. The van der Waals surface area contributed by atoms with Crippen molar-refractivity contribution in [2.24, 2.45) is 0 Å². The average Bonchev–Trinajstić information content (AvgIpc) is 2.93. The van der Waals surface area contributed by atoms with Crippen molar-refractivity contribution in [3.05, 3.63) is 40.0 Å². The van der Waals surface area contributed by atoms with Gasteiger partial charge < -0.3 is 11.2 Å². The van der Waals surface area contributed by atoms with Gasteiger partial charge in [-0.1, -0.05) is 25.1 Å². The van der Waals surface area contributed by atoms with Crippen LogP contribution >= 0.6 is 11.8 Å². The molecule has 0 aliphatic carbocycles. The molecule has 9 nitrogen and oxygen atoms in total. The Labute approximate surface area is 146 Å². The fourth-order valence-corrected chi connectivity index (χ4v) is 2.63. The van der Waals surface area contributed by atoms with E-state index in [0.29, 0.717) is 17.4 Å². The maximum atomic E-state index is 13.7. The van der Waals surface area contributed by atoms with Crippen LogP contribution in [0.4, 0.5) is 15.8 Å². The first-order chi connectivity index (χ1) is 11.9. The lowest BCUT2D eigenvalue weighted by Gasteiger charge is -2.06. The number of nitro groups is 1. The summed E-state index contributed by atoms with van der Waals surface area (Å²) < 4.78 is 15.0. The Kier molecular flexibility index (Phi) is 6.28. The molecule has 3 N–H and O–H groups in total. The van der Waals surface area contributed by atoms with Gasteiger partial charge in [0.2, 0.25) is 11.1 Å². The highest BCUT2D eigenvalue weighted by molar-refractivity contribution is 7.99. The smallest absolute Gasteiger partial charge is 0.271 e. The number of non-ortho nitro benzene ring substituents is 1. The molecule has 1 heterocycles. The molecule has 0 fully saturated rings. The molecule has 0 saturated heterocycles. The van der Waals surface area contributed by atoms with Crippen LogP contribution in [0.2, 0.25) is 0 Å². The summed E-state index contributed by atoms with van der Waals surface area (Å²) in [7, 11) is 0. The molecular formula is C14H17FN6O3S. The van der Waals surface area contributed by atoms with Crippen LogP contribution in [0.25, 0.3) is 0 Å². The van der Waals surface area contributed by atoms with Gasteiger partial charge in [-0.3, -0.25) is 14.9 Å². The molecule has 1 amide bonds. The highest BCUT2D eigenvalue weighted by Crippen LogP contribution is 2.22. The molecule has 1 aromatic heterocycles. The van der Waals surface area contributed by atoms with Gasteiger partial charge in [-0.25, -0.2) is 9.07 Å². The van der Waals surface area contributed by atoms with E-state index in [0.717, 1.165) is 42.8 Å². The number of nitrogens with one attached hydrogen (secondary N) is 1. The fraction of sp³-hybridized carbons (Fsp3) is 0.357. The minimum Gasteiger partial charge on any atom is -0.336 e. The number of thioether (sulfide) groups is 1. The predicted molar refractivity (Wildman–Crippen MR) is 91.2 cm³/mol. The summed E-state index contributed by atoms with van der Waals surface area (Å²) in [4.78, 5) is 22.0. The first-order valence-corrected chi connectivity index (χ1v) is 8.47. The lowest BCUT2D eigenvalue weighted by molar-refractivity contribution is -0.384. The Morgan fingerprint density at radius 2 is 2.24 bits per heavy atom. The van der Waals surface area contributed by atoms with E-state index in [9.17, 15) is 19.3 Å². The van der Waals surface area contributed by atoms with Gasteiger partial charge in [0.25, 0.3) is 5.69 Å². The van der Waals surface area contributed by atoms with E-state index in [1.807, 2.05) is 6.92 Å². The number of amides is 1. The Morgan fingerprint density at radius 3 is 2.92 bits per heavy atom. The summed E-state index contributed by atoms with van der Waals surface area (Å²) in [5, 5.41) is 21.2. The zero-order valence-corrected chi connectivity index (χ0v) is 14.3. The summed E-state index contributed by atoms with van der Waals surface area (Å²) in [6.45, 7) is 2.05. The molecule has 11 heteroatoms. The largest absolute Gasteiger partial charge is 0.336 e. The molecule has 0 aliphatic rings. The average molecular weight is 368 g/mol. The third-order valence-electron chi connectivity index (χ3n) is 3.26. The fourth-order valence-electron chi connectivity index (χ4n) is 1.95. The van der Waals surface area contributed by atoms with Crippen LogP contribution in [0.5, 0.6) is 0 Å². The second kappa shape index (κ2) is 8.42. The Morgan fingerprint density at radius 1 is 1.48 bits per heavy atom. The molecule has 2 aromatic rings. The van der Waals surface area contributed by atoms with Crippen molar-refractivity contribution in [1.82, 2.24) is 14.9 Å². The molecule has 134 valence electrons. The molecule has 0 spiro atoms. The Balaban J connectivity index is 1.96. The van der Waals surface area contributed by atoms with E-state index < -0.39 is 16.6 Å². The summed E-state index contributed by atoms with van der Waals surface area (Å²) in [5.41, 5.74) is -0.565. The highest BCUT2D eigenvalue weighted by atomic mass is 32.2. The highest BCUT2D eigenvalue weighted by Gasteiger charge is 2.15. The number of carbonyl (C=O) groups is 1. The lowest BCUT2D eigenvalue weighted by Crippen LogP contribution is -2.18. The van der Waals surface area contributed by atoms with Crippen molar-refractivity contribution in [3.8, 4) is 0 Å². The van der Waals surface area contributed by atoms with Gasteiger partial charge >= 0.3 is 0 Å². The van der Waals surface area contributed by atoms with Crippen molar-refractivity contribution in [1.29, 1.82) is 0 Å². The van der Waals surface area contributed by atoms with Crippen molar-refractivity contribution in [2.75, 3.05) is 16.9 Å². The van der Waals surface area contributed by atoms with Gasteiger partial charge in [-0.15, -0.1) is 10.2 Å². The molecule has 0 radical (unpaired) electrons. The maximum Gasteiger partial charge on any atom is 0.271 e. The number of rotatable bonds is 8. The first kappa shape index (κ1) is 18.6. The predicted octanol–water partition coefficient (Wildman–Crippen LogP) is 2.11. The quantitative estimate of drug-likeness (QED) is 0.316. The summed E-state index contributed by atoms with van der Waals surface area (Å²) in [6.07, 6.45) is 2.60. The number of aryl methyl sites for hydroxylation is 1. The minimum atomic E-state index is -0.757.